The molecule has 1 aromatic heterocycles. The summed E-state index contributed by atoms with van der Waals surface area (Å²) in [5.74, 6) is -3.19. The van der Waals surface area contributed by atoms with Gasteiger partial charge in [0, 0.05) is 11.2 Å². The number of alkyl halides is 2. The molecule has 3 rings (SSSR count). The number of imidazole rings is 1. The molecule has 0 saturated carbocycles. The molecule has 3 aromatic rings. The normalized spacial score (nSPS) is 12.5. The fraction of sp³-hybridized carbons (Fsp3) is 0.300. The van der Waals surface area contributed by atoms with E-state index in [9.17, 15) is 22.0 Å². The van der Waals surface area contributed by atoms with Crippen LogP contribution >= 0.6 is 11.8 Å². The quantitative estimate of drug-likeness (QED) is 0.510. The van der Waals surface area contributed by atoms with E-state index in [2.05, 4.69) is 15.0 Å². The van der Waals surface area contributed by atoms with Gasteiger partial charge in [0.25, 0.3) is 5.76 Å². The Morgan fingerprint density at radius 3 is 2.55 bits per heavy atom. The molecule has 0 unspecified atom stereocenters. The second-order valence-corrected chi connectivity index (χ2v) is 10.4. The molecule has 2 aromatic carbocycles. The van der Waals surface area contributed by atoms with E-state index in [4.69, 9.17) is 0 Å². The SMILES string of the molecule is CC(C)(C)NS(=O)(=O)c1cccc(NC(=O)Cn2c(SC(F)F)nc3ccccc32)c1. The van der Waals surface area contributed by atoms with E-state index in [1.165, 1.54) is 22.8 Å². The van der Waals surface area contributed by atoms with Crippen LogP contribution in [-0.2, 0) is 21.4 Å². The van der Waals surface area contributed by atoms with E-state index in [1.54, 1.807) is 51.1 Å². The number of amides is 1. The van der Waals surface area contributed by atoms with Crippen molar-refractivity contribution in [2.75, 3.05) is 5.32 Å². The van der Waals surface area contributed by atoms with Crippen LogP contribution in [0.5, 0.6) is 0 Å². The summed E-state index contributed by atoms with van der Waals surface area (Å²) in [6.07, 6.45) is 0. The number of carbonyl (C=O) groups excluding carboxylic acids is 1. The third-order valence-corrected chi connectivity index (χ3v) is 6.44. The summed E-state index contributed by atoms with van der Waals surface area (Å²) >= 11 is 0.261. The molecule has 0 aliphatic carbocycles. The highest BCUT2D eigenvalue weighted by Crippen LogP contribution is 2.28. The van der Waals surface area contributed by atoms with E-state index >= 15 is 0 Å². The number of para-hydroxylation sites is 2. The molecule has 2 N–H and O–H groups in total. The Morgan fingerprint density at radius 2 is 1.87 bits per heavy atom. The molecule has 166 valence electrons. The average Bonchev–Trinajstić information content (AvgIpc) is 2.96. The van der Waals surface area contributed by atoms with Crippen LogP contribution in [0.1, 0.15) is 20.8 Å². The van der Waals surface area contributed by atoms with Gasteiger partial charge in [-0.3, -0.25) is 4.79 Å². The molecule has 0 spiro atoms. The summed E-state index contributed by atoms with van der Waals surface area (Å²) in [7, 11) is -3.78. The van der Waals surface area contributed by atoms with Gasteiger partial charge in [-0.2, -0.15) is 8.78 Å². The predicted octanol–water partition coefficient (Wildman–Crippen LogP) is 4.07. The van der Waals surface area contributed by atoms with Crippen molar-refractivity contribution in [3.63, 3.8) is 0 Å². The van der Waals surface area contributed by atoms with E-state index in [0.717, 1.165) is 0 Å². The number of halogens is 2. The number of benzene rings is 2. The van der Waals surface area contributed by atoms with Crippen LogP contribution in [0.15, 0.2) is 58.6 Å². The predicted molar refractivity (Wildman–Crippen MR) is 117 cm³/mol. The highest BCUT2D eigenvalue weighted by atomic mass is 32.2. The Morgan fingerprint density at radius 1 is 1.16 bits per heavy atom. The lowest BCUT2D eigenvalue weighted by atomic mass is 10.1. The van der Waals surface area contributed by atoms with Crippen molar-refractivity contribution in [2.45, 2.75) is 48.7 Å². The van der Waals surface area contributed by atoms with Crippen molar-refractivity contribution in [1.82, 2.24) is 14.3 Å². The molecule has 11 heteroatoms. The van der Waals surface area contributed by atoms with Crippen LogP contribution < -0.4 is 10.0 Å². The van der Waals surface area contributed by atoms with Crippen LogP contribution in [-0.4, -0.2) is 35.2 Å². The summed E-state index contributed by atoms with van der Waals surface area (Å²) in [4.78, 5) is 16.8. The number of carbonyl (C=O) groups is 1. The molecule has 1 heterocycles. The van der Waals surface area contributed by atoms with Crippen LogP contribution in [0.4, 0.5) is 14.5 Å². The minimum absolute atomic E-state index is 0.00208. The fourth-order valence-corrected chi connectivity index (χ4v) is 4.99. The molecule has 0 atom stereocenters. The number of hydrogen-bond donors (Lipinski definition) is 2. The number of fused-ring (bicyclic) bond motifs is 1. The first-order valence-corrected chi connectivity index (χ1v) is 11.6. The van der Waals surface area contributed by atoms with Gasteiger partial charge < -0.3 is 9.88 Å². The van der Waals surface area contributed by atoms with Crippen molar-refractivity contribution >= 4 is 44.4 Å². The summed E-state index contributed by atoms with van der Waals surface area (Å²) < 4.78 is 54.9. The lowest BCUT2D eigenvalue weighted by Crippen LogP contribution is -2.40. The first-order chi connectivity index (χ1) is 14.4. The molecule has 0 radical (unpaired) electrons. The van der Waals surface area contributed by atoms with Gasteiger partial charge in [-0.25, -0.2) is 18.1 Å². The highest BCUT2D eigenvalue weighted by molar-refractivity contribution is 7.99. The van der Waals surface area contributed by atoms with Gasteiger partial charge in [-0.1, -0.05) is 18.2 Å². The van der Waals surface area contributed by atoms with E-state index in [1.807, 2.05) is 0 Å². The topological polar surface area (TPSA) is 93.1 Å². The Hall–Kier alpha value is -2.50. The lowest BCUT2D eigenvalue weighted by Gasteiger charge is -2.20. The van der Waals surface area contributed by atoms with E-state index < -0.39 is 27.2 Å². The molecule has 7 nitrogen and oxygen atoms in total. The van der Waals surface area contributed by atoms with E-state index in [0.29, 0.717) is 11.0 Å². The Bertz CT molecular complexity index is 1200. The zero-order chi connectivity index (χ0) is 22.8. The van der Waals surface area contributed by atoms with Crippen LogP contribution in [0.3, 0.4) is 0 Å². The van der Waals surface area contributed by atoms with Crippen molar-refractivity contribution in [2.24, 2.45) is 0 Å². The first-order valence-electron chi connectivity index (χ1n) is 9.28. The molecule has 31 heavy (non-hydrogen) atoms. The number of rotatable bonds is 7. The number of aromatic nitrogens is 2. The maximum Gasteiger partial charge on any atom is 0.291 e. The minimum Gasteiger partial charge on any atom is -0.324 e. The zero-order valence-corrected chi connectivity index (χ0v) is 18.7. The van der Waals surface area contributed by atoms with E-state index in [-0.39, 0.29) is 34.0 Å². The molecule has 0 aliphatic heterocycles. The van der Waals surface area contributed by atoms with Gasteiger partial charge in [0.15, 0.2) is 5.16 Å². The van der Waals surface area contributed by atoms with Crippen LogP contribution in [0.25, 0.3) is 11.0 Å². The second kappa shape index (κ2) is 8.93. The highest BCUT2D eigenvalue weighted by Gasteiger charge is 2.22. The maximum atomic E-state index is 12.9. The zero-order valence-electron chi connectivity index (χ0n) is 17.1. The fourth-order valence-electron chi connectivity index (χ4n) is 2.92. The summed E-state index contributed by atoms with van der Waals surface area (Å²) in [5.41, 5.74) is 0.653. The standard InChI is InChI=1S/C20H22F2N4O3S2/c1-20(2,3)25-31(28,29)14-8-6-7-13(11-14)23-17(27)12-26-16-10-5-4-9-15(16)24-19(26)30-18(21)22/h4-11,18,25H,12H2,1-3H3,(H,23,27). The van der Waals surface area contributed by atoms with Crippen LogP contribution in [0, 0.1) is 0 Å². The monoisotopic (exact) mass is 468 g/mol. The number of hydrogen-bond acceptors (Lipinski definition) is 5. The minimum atomic E-state index is -3.78. The molecule has 0 aliphatic rings. The molecular formula is C20H22F2N4O3S2. The first kappa shape index (κ1) is 23.2. The third-order valence-electron chi connectivity index (χ3n) is 3.98. The summed E-state index contributed by atoms with van der Waals surface area (Å²) in [5, 5.41) is 2.65. The summed E-state index contributed by atoms with van der Waals surface area (Å²) in [6, 6.07) is 12.6. The number of anilines is 1. The molecule has 0 saturated heterocycles. The second-order valence-electron chi connectivity index (χ2n) is 7.78. The molecule has 1 amide bonds. The third kappa shape index (κ3) is 6.02. The van der Waals surface area contributed by atoms with Gasteiger partial charge in [0.2, 0.25) is 15.9 Å². The Kier molecular flexibility index (Phi) is 6.68. The van der Waals surface area contributed by atoms with Crippen molar-refractivity contribution in [1.29, 1.82) is 0 Å². The number of sulfonamides is 1. The average molecular weight is 469 g/mol. The summed E-state index contributed by atoms with van der Waals surface area (Å²) in [6.45, 7) is 4.91. The van der Waals surface area contributed by atoms with Gasteiger partial charge in [0.1, 0.15) is 6.54 Å². The van der Waals surface area contributed by atoms with Crippen LogP contribution in [0.2, 0.25) is 0 Å². The van der Waals surface area contributed by atoms with Gasteiger partial charge in [0.05, 0.1) is 15.9 Å². The van der Waals surface area contributed by atoms with Crippen molar-refractivity contribution in [3.8, 4) is 0 Å². The molecular weight excluding hydrogens is 446 g/mol. The number of thioether (sulfide) groups is 1. The molecule has 0 fully saturated rings. The smallest absolute Gasteiger partial charge is 0.291 e. The van der Waals surface area contributed by atoms with Gasteiger partial charge in [-0.05, 0) is 62.9 Å². The largest absolute Gasteiger partial charge is 0.324 e. The van der Waals surface area contributed by atoms with Crippen molar-refractivity contribution < 1.29 is 22.0 Å². The Labute approximate surface area is 183 Å². The van der Waals surface area contributed by atoms with Crippen molar-refractivity contribution in [3.05, 3.63) is 48.5 Å². The van der Waals surface area contributed by atoms with Gasteiger partial charge >= 0.3 is 0 Å². The Balaban J connectivity index is 1.82. The molecule has 0 bridgehead atoms. The maximum absolute atomic E-state index is 12.9. The van der Waals surface area contributed by atoms with Gasteiger partial charge in [-0.15, -0.1) is 0 Å². The number of nitrogens with one attached hydrogen (secondary N) is 2. The lowest BCUT2D eigenvalue weighted by molar-refractivity contribution is -0.116. The number of nitrogens with zero attached hydrogens (tertiary/aromatic N) is 2.